The molecule has 0 N–H and O–H groups in total. The lowest BCUT2D eigenvalue weighted by Gasteiger charge is -2.17. The fourth-order valence-electron chi connectivity index (χ4n) is 2.18. The summed E-state index contributed by atoms with van der Waals surface area (Å²) < 4.78 is 5.01. The molecule has 0 aliphatic carbocycles. The number of esters is 1. The normalized spacial score (nSPS) is 10.5. The first-order valence-corrected chi connectivity index (χ1v) is 8.80. The van der Waals surface area contributed by atoms with Crippen LogP contribution in [0, 0.1) is 0 Å². The zero-order chi connectivity index (χ0) is 18.4. The van der Waals surface area contributed by atoms with Gasteiger partial charge < -0.3 is 9.64 Å². The van der Waals surface area contributed by atoms with E-state index in [1.807, 2.05) is 47.2 Å². The summed E-state index contributed by atoms with van der Waals surface area (Å²) in [5, 5.41) is 15.6. The summed E-state index contributed by atoms with van der Waals surface area (Å²) in [5.41, 5.74) is 1.84. The number of carbonyl (C=O) groups is 2. The highest BCUT2D eigenvalue weighted by molar-refractivity contribution is 7.08. The summed E-state index contributed by atoms with van der Waals surface area (Å²) in [4.78, 5) is 26.6. The summed E-state index contributed by atoms with van der Waals surface area (Å²) in [6.07, 6.45) is 0. The number of thiophene rings is 1. The maximum atomic E-state index is 12.1. The van der Waals surface area contributed by atoms with Crippen LogP contribution in [0.3, 0.4) is 0 Å². The Labute approximate surface area is 154 Å². The largest absolute Gasteiger partial charge is 0.454 e. The number of likely N-dealkylation sites (N-methyl/N-ethyl adjacent to an activating group) is 1. The van der Waals surface area contributed by atoms with E-state index < -0.39 is 5.97 Å². The van der Waals surface area contributed by atoms with Crippen LogP contribution in [0.2, 0.25) is 0 Å². The summed E-state index contributed by atoms with van der Waals surface area (Å²) in [7, 11) is 1.66. The molecule has 0 bridgehead atoms. The SMILES string of the molecule is CN(Cc1ccccc1)C(=O)COC(=O)Cn1nnc(-c2ccsc2)n1. The minimum Gasteiger partial charge on any atom is -0.454 e. The molecule has 1 aromatic carbocycles. The molecule has 9 heteroatoms. The molecule has 26 heavy (non-hydrogen) atoms. The van der Waals surface area contributed by atoms with Gasteiger partial charge in [-0.3, -0.25) is 4.79 Å². The molecule has 0 aliphatic rings. The first kappa shape index (κ1) is 17.7. The molecular formula is C17H17N5O3S. The van der Waals surface area contributed by atoms with Gasteiger partial charge in [0.15, 0.2) is 13.2 Å². The fraction of sp³-hybridized carbons (Fsp3) is 0.235. The van der Waals surface area contributed by atoms with Gasteiger partial charge in [0.2, 0.25) is 5.82 Å². The van der Waals surface area contributed by atoms with Crippen LogP contribution in [0.4, 0.5) is 0 Å². The van der Waals surface area contributed by atoms with Gasteiger partial charge in [0.05, 0.1) is 0 Å². The monoisotopic (exact) mass is 371 g/mol. The van der Waals surface area contributed by atoms with Gasteiger partial charge in [0.25, 0.3) is 5.91 Å². The average Bonchev–Trinajstić information content (AvgIpc) is 3.32. The molecule has 3 aromatic rings. The van der Waals surface area contributed by atoms with Crippen molar-refractivity contribution in [3.05, 3.63) is 52.7 Å². The second-order valence-electron chi connectivity index (χ2n) is 5.55. The van der Waals surface area contributed by atoms with Crippen molar-refractivity contribution in [2.24, 2.45) is 0 Å². The predicted molar refractivity (Wildman–Crippen MR) is 95.0 cm³/mol. The Hall–Kier alpha value is -3.07. The van der Waals surface area contributed by atoms with Gasteiger partial charge in [-0.05, 0) is 22.2 Å². The van der Waals surface area contributed by atoms with E-state index in [9.17, 15) is 9.59 Å². The Bertz CT molecular complexity index is 864. The van der Waals surface area contributed by atoms with Crippen molar-refractivity contribution < 1.29 is 14.3 Å². The molecule has 0 fully saturated rings. The number of carbonyl (C=O) groups excluding carboxylic acids is 2. The molecule has 134 valence electrons. The molecule has 0 radical (unpaired) electrons. The van der Waals surface area contributed by atoms with E-state index in [1.54, 1.807) is 7.05 Å². The van der Waals surface area contributed by atoms with Crippen molar-refractivity contribution in [1.82, 2.24) is 25.1 Å². The van der Waals surface area contributed by atoms with Gasteiger partial charge >= 0.3 is 5.97 Å². The summed E-state index contributed by atoms with van der Waals surface area (Å²) >= 11 is 1.52. The third kappa shape index (κ3) is 4.73. The lowest BCUT2D eigenvalue weighted by Crippen LogP contribution is -2.31. The van der Waals surface area contributed by atoms with Gasteiger partial charge in [-0.1, -0.05) is 30.3 Å². The smallest absolute Gasteiger partial charge is 0.330 e. The van der Waals surface area contributed by atoms with Crippen LogP contribution in [-0.2, 0) is 27.4 Å². The Morgan fingerprint density at radius 1 is 1.23 bits per heavy atom. The van der Waals surface area contributed by atoms with Crippen molar-refractivity contribution in [1.29, 1.82) is 0 Å². The zero-order valence-electron chi connectivity index (χ0n) is 14.1. The zero-order valence-corrected chi connectivity index (χ0v) is 14.9. The van der Waals surface area contributed by atoms with Crippen LogP contribution in [0.5, 0.6) is 0 Å². The number of hydrogen-bond acceptors (Lipinski definition) is 7. The van der Waals surface area contributed by atoms with Crippen molar-refractivity contribution in [2.45, 2.75) is 13.1 Å². The Kier molecular flexibility index (Phi) is 5.69. The standard InChI is InChI=1S/C17H17N5O3S/c1-21(9-13-5-3-2-4-6-13)15(23)11-25-16(24)10-22-19-17(18-20-22)14-7-8-26-12-14/h2-8,12H,9-11H2,1H3. The summed E-state index contributed by atoms with van der Waals surface area (Å²) in [5.74, 6) is -0.439. The van der Waals surface area contributed by atoms with Crippen molar-refractivity contribution in [3.8, 4) is 11.4 Å². The van der Waals surface area contributed by atoms with E-state index in [-0.39, 0.29) is 19.1 Å². The fourth-order valence-corrected chi connectivity index (χ4v) is 2.81. The molecule has 2 heterocycles. The topological polar surface area (TPSA) is 90.2 Å². The van der Waals surface area contributed by atoms with Crippen molar-refractivity contribution in [3.63, 3.8) is 0 Å². The van der Waals surface area contributed by atoms with E-state index in [0.29, 0.717) is 12.4 Å². The second kappa shape index (κ2) is 8.34. The van der Waals surface area contributed by atoms with Crippen molar-refractivity contribution in [2.75, 3.05) is 13.7 Å². The van der Waals surface area contributed by atoms with Crippen LogP contribution in [0.15, 0.2) is 47.2 Å². The second-order valence-corrected chi connectivity index (χ2v) is 6.33. The number of nitrogens with zero attached hydrogens (tertiary/aromatic N) is 5. The lowest BCUT2D eigenvalue weighted by atomic mass is 10.2. The van der Waals surface area contributed by atoms with Crippen LogP contribution in [0.1, 0.15) is 5.56 Å². The third-order valence-electron chi connectivity index (χ3n) is 3.55. The maximum absolute atomic E-state index is 12.1. The van der Waals surface area contributed by atoms with E-state index in [4.69, 9.17) is 4.74 Å². The van der Waals surface area contributed by atoms with Crippen LogP contribution in [0.25, 0.3) is 11.4 Å². The number of aromatic nitrogens is 4. The molecule has 0 atom stereocenters. The highest BCUT2D eigenvalue weighted by atomic mass is 32.1. The molecule has 1 amide bonds. The number of hydrogen-bond donors (Lipinski definition) is 0. The minimum atomic E-state index is -0.597. The summed E-state index contributed by atoms with van der Waals surface area (Å²) in [6, 6.07) is 11.4. The molecule has 0 saturated heterocycles. The number of rotatable bonds is 7. The highest BCUT2D eigenvalue weighted by Gasteiger charge is 2.14. The van der Waals surface area contributed by atoms with Gasteiger partial charge in [-0.15, -0.1) is 10.2 Å². The number of benzene rings is 1. The van der Waals surface area contributed by atoms with E-state index in [1.165, 1.54) is 16.2 Å². The average molecular weight is 371 g/mol. The van der Waals surface area contributed by atoms with E-state index in [2.05, 4.69) is 15.4 Å². The molecule has 2 aromatic heterocycles. The van der Waals surface area contributed by atoms with Crippen LogP contribution < -0.4 is 0 Å². The molecule has 0 unspecified atom stereocenters. The van der Waals surface area contributed by atoms with Gasteiger partial charge in [-0.2, -0.15) is 16.1 Å². The van der Waals surface area contributed by atoms with Crippen LogP contribution in [-0.4, -0.2) is 50.6 Å². The Morgan fingerprint density at radius 3 is 2.77 bits per heavy atom. The van der Waals surface area contributed by atoms with Crippen LogP contribution >= 0.6 is 11.3 Å². The molecule has 0 spiro atoms. The molecular weight excluding hydrogens is 354 g/mol. The molecule has 8 nitrogen and oxygen atoms in total. The highest BCUT2D eigenvalue weighted by Crippen LogP contribution is 2.16. The first-order chi connectivity index (χ1) is 12.6. The molecule has 0 aliphatic heterocycles. The Balaban J connectivity index is 1.45. The summed E-state index contributed by atoms with van der Waals surface area (Å²) in [6.45, 7) is -0.0765. The predicted octanol–water partition coefficient (Wildman–Crippen LogP) is 1.60. The molecule has 0 saturated carbocycles. The maximum Gasteiger partial charge on any atom is 0.330 e. The Morgan fingerprint density at radius 2 is 2.04 bits per heavy atom. The quantitative estimate of drug-likeness (QED) is 0.586. The van der Waals surface area contributed by atoms with Crippen molar-refractivity contribution >= 4 is 23.2 Å². The van der Waals surface area contributed by atoms with Gasteiger partial charge in [0.1, 0.15) is 0 Å². The minimum absolute atomic E-state index is 0.202. The first-order valence-electron chi connectivity index (χ1n) is 7.85. The van der Waals surface area contributed by atoms with E-state index in [0.717, 1.165) is 15.9 Å². The van der Waals surface area contributed by atoms with Gasteiger partial charge in [-0.25, -0.2) is 4.79 Å². The number of tetrazole rings is 1. The number of amides is 1. The molecule has 3 rings (SSSR count). The number of ether oxygens (including phenoxy) is 1. The lowest BCUT2D eigenvalue weighted by molar-refractivity contribution is -0.152. The van der Waals surface area contributed by atoms with E-state index >= 15 is 0 Å². The van der Waals surface area contributed by atoms with Gasteiger partial charge in [0, 0.05) is 24.5 Å². The third-order valence-corrected chi connectivity index (χ3v) is 4.23.